The summed E-state index contributed by atoms with van der Waals surface area (Å²) in [5.74, 6) is -0.859. The highest BCUT2D eigenvalue weighted by Gasteiger charge is 2.36. The van der Waals surface area contributed by atoms with Crippen LogP contribution in [0.15, 0.2) is 12.2 Å². The van der Waals surface area contributed by atoms with E-state index >= 15 is 0 Å². The van der Waals surface area contributed by atoms with Crippen molar-refractivity contribution >= 4 is 18.0 Å². The SMILES string of the molecule is CC(=O)OC[C@@H]1C=C[C@@H](COC(C)=O)N1C(=O)OC(C)(C)C. The number of hydrogen-bond donors (Lipinski definition) is 0. The zero-order chi connectivity index (χ0) is 16.9. The van der Waals surface area contributed by atoms with E-state index in [2.05, 4.69) is 0 Å². The Balaban J connectivity index is 2.80. The fourth-order valence-corrected chi connectivity index (χ4v) is 1.95. The van der Waals surface area contributed by atoms with Crippen LogP contribution in [-0.2, 0) is 23.8 Å². The van der Waals surface area contributed by atoms with Crippen LogP contribution in [0.2, 0.25) is 0 Å². The number of carbonyl (C=O) groups excluding carboxylic acids is 3. The van der Waals surface area contributed by atoms with Crippen LogP contribution >= 0.6 is 0 Å². The number of ether oxygens (including phenoxy) is 3. The average molecular weight is 313 g/mol. The smallest absolute Gasteiger partial charge is 0.411 e. The molecule has 1 amide bonds. The first-order valence-electron chi connectivity index (χ1n) is 7.06. The first-order valence-corrected chi connectivity index (χ1v) is 7.06. The van der Waals surface area contributed by atoms with Gasteiger partial charge < -0.3 is 14.2 Å². The van der Waals surface area contributed by atoms with E-state index in [0.29, 0.717) is 0 Å². The molecule has 0 spiro atoms. The van der Waals surface area contributed by atoms with Crippen molar-refractivity contribution in [1.82, 2.24) is 4.90 Å². The third kappa shape index (κ3) is 5.75. The highest BCUT2D eigenvalue weighted by atomic mass is 16.6. The fourth-order valence-electron chi connectivity index (χ4n) is 1.95. The van der Waals surface area contributed by atoms with Gasteiger partial charge in [0.1, 0.15) is 18.8 Å². The van der Waals surface area contributed by atoms with Crippen LogP contribution in [-0.4, -0.2) is 53.8 Å². The van der Waals surface area contributed by atoms with Crippen molar-refractivity contribution < 1.29 is 28.6 Å². The van der Waals surface area contributed by atoms with Crippen molar-refractivity contribution in [3.63, 3.8) is 0 Å². The summed E-state index contributed by atoms with van der Waals surface area (Å²) in [7, 11) is 0. The molecule has 0 aromatic carbocycles. The van der Waals surface area contributed by atoms with Crippen LogP contribution in [0.25, 0.3) is 0 Å². The Morgan fingerprint density at radius 3 is 1.68 bits per heavy atom. The molecule has 0 fully saturated rings. The van der Waals surface area contributed by atoms with Crippen molar-refractivity contribution in [1.29, 1.82) is 0 Å². The third-order valence-corrected chi connectivity index (χ3v) is 2.79. The zero-order valence-corrected chi connectivity index (χ0v) is 13.6. The lowest BCUT2D eigenvalue weighted by molar-refractivity contribution is -0.143. The Morgan fingerprint density at radius 1 is 0.955 bits per heavy atom. The summed E-state index contributed by atoms with van der Waals surface area (Å²) < 4.78 is 15.3. The molecule has 7 nitrogen and oxygen atoms in total. The second-order valence-corrected chi connectivity index (χ2v) is 6.01. The number of esters is 2. The van der Waals surface area contributed by atoms with Crippen LogP contribution in [0, 0.1) is 0 Å². The van der Waals surface area contributed by atoms with E-state index in [9.17, 15) is 14.4 Å². The zero-order valence-electron chi connectivity index (χ0n) is 13.6. The molecule has 0 bridgehead atoms. The Hall–Kier alpha value is -2.05. The van der Waals surface area contributed by atoms with Crippen molar-refractivity contribution in [2.24, 2.45) is 0 Å². The maximum absolute atomic E-state index is 12.4. The van der Waals surface area contributed by atoms with Gasteiger partial charge in [-0.1, -0.05) is 12.2 Å². The van der Waals surface area contributed by atoms with Crippen LogP contribution in [0.1, 0.15) is 34.6 Å². The van der Waals surface area contributed by atoms with Gasteiger partial charge in [-0.2, -0.15) is 0 Å². The van der Waals surface area contributed by atoms with Crippen molar-refractivity contribution in [2.45, 2.75) is 52.3 Å². The van der Waals surface area contributed by atoms with E-state index in [-0.39, 0.29) is 13.2 Å². The largest absolute Gasteiger partial charge is 0.463 e. The molecule has 1 aliphatic heterocycles. The van der Waals surface area contributed by atoms with E-state index < -0.39 is 35.7 Å². The number of rotatable bonds is 4. The van der Waals surface area contributed by atoms with E-state index in [4.69, 9.17) is 14.2 Å². The molecule has 0 aromatic rings. The molecule has 0 aromatic heterocycles. The molecule has 1 aliphatic rings. The minimum atomic E-state index is -0.655. The summed E-state index contributed by atoms with van der Waals surface area (Å²) in [6.07, 6.45) is 2.92. The van der Waals surface area contributed by atoms with Crippen molar-refractivity contribution in [3.05, 3.63) is 12.2 Å². The maximum atomic E-state index is 12.4. The molecule has 124 valence electrons. The maximum Gasteiger partial charge on any atom is 0.411 e. The Labute approximate surface area is 130 Å². The molecule has 0 aliphatic carbocycles. The van der Waals surface area contributed by atoms with E-state index in [1.807, 2.05) is 0 Å². The van der Waals surface area contributed by atoms with Crippen molar-refractivity contribution in [3.8, 4) is 0 Å². The van der Waals surface area contributed by atoms with E-state index in [1.54, 1.807) is 32.9 Å². The fraction of sp³-hybridized carbons (Fsp3) is 0.667. The molecular formula is C15H23NO6. The lowest BCUT2D eigenvalue weighted by atomic mass is 10.2. The summed E-state index contributed by atoms with van der Waals surface area (Å²) in [4.78, 5) is 35.7. The number of hydrogen-bond acceptors (Lipinski definition) is 6. The molecule has 2 atom stereocenters. The van der Waals surface area contributed by atoms with Crippen molar-refractivity contribution in [2.75, 3.05) is 13.2 Å². The second kappa shape index (κ2) is 7.29. The summed E-state index contributed by atoms with van der Waals surface area (Å²) >= 11 is 0. The van der Waals surface area contributed by atoms with Crippen LogP contribution in [0.5, 0.6) is 0 Å². The van der Waals surface area contributed by atoms with Crippen LogP contribution in [0.4, 0.5) is 4.79 Å². The molecular weight excluding hydrogens is 290 g/mol. The van der Waals surface area contributed by atoms with Gasteiger partial charge in [0, 0.05) is 13.8 Å². The van der Waals surface area contributed by atoms with Gasteiger partial charge in [0.2, 0.25) is 0 Å². The Morgan fingerprint density at radius 2 is 1.36 bits per heavy atom. The highest BCUT2D eigenvalue weighted by molar-refractivity contribution is 5.71. The van der Waals surface area contributed by atoms with Gasteiger partial charge in [0.15, 0.2) is 0 Å². The minimum absolute atomic E-state index is 0.0294. The monoisotopic (exact) mass is 313 g/mol. The summed E-state index contributed by atoms with van der Waals surface area (Å²) in [5, 5.41) is 0. The Bertz CT molecular complexity index is 437. The molecule has 0 saturated heterocycles. The lowest BCUT2D eigenvalue weighted by Crippen LogP contribution is -2.48. The second-order valence-electron chi connectivity index (χ2n) is 6.01. The van der Waals surface area contributed by atoms with E-state index in [1.165, 1.54) is 18.7 Å². The minimum Gasteiger partial charge on any atom is -0.463 e. The predicted molar refractivity (Wildman–Crippen MR) is 78.1 cm³/mol. The molecule has 22 heavy (non-hydrogen) atoms. The quantitative estimate of drug-likeness (QED) is 0.446. The highest BCUT2D eigenvalue weighted by Crippen LogP contribution is 2.22. The average Bonchev–Trinajstić information content (AvgIpc) is 2.74. The van der Waals surface area contributed by atoms with Crippen LogP contribution in [0.3, 0.4) is 0 Å². The van der Waals surface area contributed by atoms with Crippen LogP contribution < -0.4 is 0 Å². The predicted octanol–water partition coefficient (Wildman–Crippen LogP) is 1.66. The number of nitrogens with zero attached hydrogens (tertiary/aromatic N) is 1. The molecule has 1 rings (SSSR count). The van der Waals surface area contributed by atoms with Gasteiger partial charge in [-0.25, -0.2) is 4.79 Å². The first-order chi connectivity index (χ1) is 10.1. The van der Waals surface area contributed by atoms with E-state index in [0.717, 1.165) is 0 Å². The lowest BCUT2D eigenvalue weighted by Gasteiger charge is -2.32. The number of carbonyl (C=O) groups is 3. The normalized spacial score (nSPS) is 20.7. The first kappa shape index (κ1) is 18.0. The van der Waals surface area contributed by atoms with Gasteiger partial charge in [-0.15, -0.1) is 0 Å². The summed E-state index contributed by atoms with van der Waals surface area (Å²) in [5.41, 5.74) is -0.655. The topological polar surface area (TPSA) is 82.1 Å². The molecule has 0 unspecified atom stereocenters. The summed E-state index contributed by atoms with van der Waals surface area (Å²) in [6, 6.07) is -0.890. The summed E-state index contributed by atoms with van der Waals surface area (Å²) in [6.45, 7) is 7.94. The van der Waals surface area contributed by atoms with Gasteiger partial charge in [-0.05, 0) is 20.8 Å². The van der Waals surface area contributed by atoms with Gasteiger partial charge in [-0.3, -0.25) is 14.5 Å². The molecule has 0 saturated carbocycles. The molecule has 7 heteroatoms. The van der Waals surface area contributed by atoms with Gasteiger partial charge in [0.25, 0.3) is 0 Å². The third-order valence-electron chi connectivity index (χ3n) is 2.79. The number of amides is 1. The molecule has 0 radical (unpaired) electrons. The Kier molecular flexibility index (Phi) is 5.96. The molecule has 0 N–H and O–H groups in total. The standard InChI is InChI=1S/C15H23NO6/c1-10(17)20-8-12-6-7-13(9-21-11(2)18)16(12)14(19)22-15(3,4)5/h6-7,12-13H,8-9H2,1-5H3/t12-,13-/m0/s1. The van der Waals surface area contributed by atoms with Gasteiger partial charge in [0.05, 0.1) is 12.1 Å². The molecule has 1 heterocycles. The van der Waals surface area contributed by atoms with Gasteiger partial charge >= 0.3 is 18.0 Å².